The van der Waals surface area contributed by atoms with Crippen molar-refractivity contribution in [1.82, 2.24) is 24.8 Å². The average molecular weight is 538 g/mol. The predicted octanol–water partition coefficient (Wildman–Crippen LogP) is 4.20. The van der Waals surface area contributed by atoms with Crippen molar-refractivity contribution in [3.8, 4) is 11.3 Å². The first kappa shape index (κ1) is 24.2. The molecule has 0 radical (unpaired) electrons. The van der Waals surface area contributed by atoms with Crippen LogP contribution in [0.25, 0.3) is 11.3 Å². The number of benzene rings is 1. The van der Waals surface area contributed by atoms with E-state index >= 15 is 0 Å². The summed E-state index contributed by atoms with van der Waals surface area (Å²) in [5.41, 5.74) is 1.98. The van der Waals surface area contributed by atoms with Gasteiger partial charge in [-0.3, -0.25) is 9.52 Å². The Morgan fingerprint density at radius 1 is 0.730 bits per heavy atom. The second-order valence-electron chi connectivity index (χ2n) is 9.47. The van der Waals surface area contributed by atoms with Gasteiger partial charge in [-0.25, -0.2) is 4.98 Å². The molecule has 0 saturated carbocycles. The zero-order valence-corrected chi connectivity index (χ0v) is 22.4. The molecule has 3 saturated heterocycles. The summed E-state index contributed by atoms with van der Waals surface area (Å²) in [6.45, 7) is 6.66. The number of carbonyl (C=O) groups is 1. The van der Waals surface area contributed by atoms with Crippen LogP contribution in [-0.4, -0.2) is 82.4 Å². The standard InChI is InChI=1S/C25H31N9OS2/c35-25(37-30-24-26-20(18-36-24)19-8-2-1-3-9-19)34-16-14-33(15-17-34)23-28-21(31-10-4-5-11-31)27-22(29-23)32-12-6-7-13-32/h1-3,8-9,18H,4-7,10-17H2,(H,26,30). The molecular weight excluding hydrogens is 506 g/mol. The highest BCUT2D eigenvalue weighted by atomic mass is 32.2. The molecule has 12 heteroatoms. The quantitative estimate of drug-likeness (QED) is 0.461. The SMILES string of the molecule is O=C(SNc1nc(-c2ccccc2)cs1)N1CCN(c2nc(N3CCCC3)nc(N3CCCC3)n2)CC1. The Hall–Kier alpha value is -3.12. The Morgan fingerprint density at radius 2 is 1.27 bits per heavy atom. The number of anilines is 4. The van der Waals surface area contributed by atoms with Crippen LogP contribution in [0.2, 0.25) is 0 Å². The second-order valence-corrected chi connectivity index (χ2v) is 11.1. The summed E-state index contributed by atoms with van der Waals surface area (Å²) in [6.07, 6.45) is 4.73. The molecule has 194 valence electrons. The highest BCUT2D eigenvalue weighted by molar-refractivity contribution is 8.14. The summed E-state index contributed by atoms with van der Waals surface area (Å²) in [4.78, 5) is 40.6. The smallest absolute Gasteiger partial charge is 0.302 e. The minimum Gasteiger partial charge on any atom is -0.341 e. The minimum absolute atomic E-state index is 0.00210. The van der Waals surface area contributed by atoms with Crippen LogP contribution in [-0.2, 0) is 0 Å². The van der Waals surface area contributed by atoms with E-state index in [-0.39, 0.29) is 5.24 Å². The van der Waals surface area contributed by atoms with Crippen LogP contribution in [0.5, 0.6) is 0 Å². The van der Waals surface area contributed by atoms with E-state index in [4.69, 9.17) is 15.0 Å². The van der Waals surface area contributed by atoms with Crippen molar-refractivity contribution in [1.29, 1.82) is 0 Å². The zero-order valence-electron chi connectivity index (χ0n) is 20.8. The third-order valence-electron chi connectivity index (χ3n) is 7.00. The average Bonchev–Trinajstić information content (AvgIpc) is 3.75. The molecule has 5 heterocycles. The molecule has 1 N–H and O–H groups in total. The Kier molecular flexibility index (Phi) is 7.27. The Morgan fingerprint density at radius 3 is 1.84 bits per heavy atom. The van der Waals surface area contributed by atoms with E-state index in [2.05, 4.69) is 24.4 Å². The molecule has 0 bridgehead atoms. The normalized spacial score (nSPS) is 18.1. The maximum Gasteiger partial charge on any atom is 0.302 e. The van der Waals surface area contributed by atoms with Crippen LogP contribution in [0.3, 0.4) is 0 Å². The van der Waals surface area contributed by atoms with Crippen LogP contribution in [0.15, 0.2) is 35.7 Å². The van der Waals surface area contributed by atoms with Crippen molar-refractivity contribution in [2.24, 2.45) is 0 Å². The Bertz CT molecular complexity index is 1170. The van der Waals surface area contributed by atoms with Gasteiger partial charge in [-0.1, -0.05) is 30.3 Å². The van der Waals surface area contributed by atoms with Crippen molar-refractivity contribution in [2.45, 2.75) is 25.7 Å². The van der Waals surface area contributed by atoms with Gasteiger partial charge in [-0.05, 0) is 25.7 Å². The van der Waals surface area contributed by atoms with E-state index in [1.54, 1.807) is 0 Å². The summed E-state index contributed by atoms with van der Waals surface area (Å²) >= 11 is 2.59. The van der Waals surface area contributed by atoms with Gasteiger partial charge in [0.05, 0.1) is 5.69 Å². The number of carbonyl (C=O) groups excluding carboxylic acids is 1. The number of hydrogen-bond donors (Lipinski definition) is 1. The zero-order chi connectivity index (χ0) is 25.0. The monoisotopic (exact) mass is 537 g/mol. The molecule has 0 atom stereocenters. The summed E-state index contributed by atoms with van der Waals surface area (Å²) in [7, 11) is 0. The molecule has 2 aromatic heterocycles. The fraction of sp³-hybridized carbons (Fsp3) is 0.480. The molecule has 0 spiro atoms. The maximum absolute atomic E-state index is 12.9. The number of aromatic nitrogens is 4. The molecule has 3 aliphatic heterocycles. The molecule has 1 amide bonds. The fourth-order valence-electron chi connectivity index (χ4n) is 4.90. The van der Waals surface area contributed by atoms with Crippen molar-refractivity contribution in [3.05, 3.63) is 35.7 Å². The lowest BCUT2D eigenvalue weighted by atomic mass is 10.2. The van der Waals surface area contributed by atoms with Gasteiger partial charge in [0.25, 0.3) is 0 Å². The number of nitrogens with zero attached hydrogens (tertiary/aromatic N) is 8. The van der Waals surface area contributed by atoms with E-state index in [0.717, 1.165) is 72.4 Å². The lowest BCUT2D eigenvalue weighted by molar-refractivity contribution is 0.219. The summed E-state index contributed by atoms with van der Waals surface area (Å²) in [5, 5.41) is 2.73. The van der Waals surface area contributed by atoms with Gasteiger partial charge in [0, 0.05) is 75.2 Å². The van der Waals surface area contributed by atoms with E-state index in [9.17, 15) is 4.79 Å². The van der Waals surface area contributed by atoms with Crippen LogP contribution in [0.1, 0.15) is 25.7 Å². The van der Waals surface area contributed by atoms with Crippen LogP contribution in [0.4, 0.5) is 27.8 Å². The minimum atomic E-state index is 0.00210. The van der Waals surface area contributed by atoms with Crippen LogP contribution in [0, 0.1) is 0 Å². The lowest BCUT2D eigenvalue weighted by Gasteiger charge is -2.35. The molecular formula is C25H31N9OS2. The number of nitrogens with one attached hydrogen (secondary N) is 1. The van der Waals surface area contributed by atoms with Crippen molar-refractivity contribution in [2.75, 3.05) is 71.8 Å². The first-order valence-corrected chi connectivity index (χ1v) is 14.7. The van der Waals surface area contributed by atoms with Gasteiger partial charge in [-0.2, -0.15) is 15.0 Å². The molecule has 3 aliphatic rings. The number of amides is 1. The van der Waals surface area contributed by atoms with Gasteiger partial charge in [0.15, 0.2) is 5.13 Å². The molecule has 3 aromatic rings. The van der Waals surface area contributed by atoms with Gasteiger partial charge >= 0.3 is 5.24 Å². The largest absolute Gasteiger partial charge is 0.341 e. The molecule has 37 heavy (non-hydrogen) atoms. The lowest BCUT2D eigenvalue weighted by Crippen LogP contribution is -2.48. The topological polar surface area (TPSA) is 93.6 Å². The molecule has 1 aromatic carbocycles. The summed E-state index contributed by atoms with van der Waals surface area (Å²) < 4.78 is 3.13. The molecule has 0 aliphatic carbocycles. The van der Waals surface area contributed by atoms with E-state index < -0.39 is 0 Å². The molecule has 6 rings (SSSR count). The van der Waals surface area contributed by atoms with Crippen LogP contribution >= 0.6 is 23.3 Å². The van der Waals surface area contributed by atoms with E-state index in [0.29, 0.717) is 26.2 Å². The van der Waals surface area contributed by atoms with E-state index in [1.807, 2.05) is 40.6 Å². The predicted molar refractivity (Wildman–Crippen MR) is 151 cm³/mol. The highest BCUT2D eigenvalue weighted by Gasteiger charge is 2.27. The maximum atomic E-state index is 12.9. The third kappa shape index (κ3) is 5.59. The number of rotatable bonds is 6. The van der Waals surface area contributed by atoms with Gasteiger partial charge in [0.1, 0.15) is 0 Å². The van der Waals surface area contributed by atoms with Crippen molar-refractivity contribution in [3.63, 3.8) is 0 Å². The molecule has 3 fully saturated rings. The van der Waals surface area contributed by atoms with Crippen molar-refractivity contribution < 1.29 is 4.79 Å². The number of piperazine rings is 1. The van der Waals surface area contributed by atoms with E-state index in [1.165, 1.54) is 37.0 Å². The number of thiazole rings is 1. The third-order valence-corrected chi connectivity index (χ3v) is 8.61. The highest BCUT2D eigenvalue weighted by Crippen LogP contribution is 2.28. The van der Waals surface area contributed by atoms with Crippen LogP contribution < -0.4 is 19.4 Å². The van der Waals surface area contributed by atoms with Gasteiger partial charge in [0.2, 0.25) is 17.8 Å². The first-order chi connectivity index (χ1) is 18.2. The van der Waals surface area contributed by atoms with Crippen molar-refractivity contribution >= 4 is 51.5 Å². The summed E-state index contributed by atoms with van der Waals surface area (Å²) in [6, 6.07) is 10.0. The molecule has 10 nitrogen and oxygen atoms in total. The number of hydrogen-bond acceptors (Lipinski definition) is 11. The van der Waals surface area contributed by atoms with Gasteiger partial charge in [-0.15, -0.1) is 11.3 Å². The fourth-order valence-corrected chi connectivity index (χ4v) is 6.32. The first-order valence-electron chi connectivity index (χ1n) is 13.0. The second kappa shape index (κ2) is 11.1. The molecule has 0 unspecified atom stereocenters. The van der Waals surface area contributed by atoms with Gasteiger partial charge < -0.3 is 19.6 Å². The summed E-state index contributed by atoms with van der Waals surface area (Å²) in [5.74, 6) is 2.31. The Balaban J connectivity index is 1.06. The Labute approximate surface area is 225 Å².